The van der Waals surface area contributed by atoms with Gasteiger partial charge in [-0.3, -0.25) is 0 Å². The minimum absolute atomic E-state index is 0.233. The van der Waals surface area contributed by atoms with Crippen LogP contribution in [-0.2, 0) is 0 Å². The molecular formula is C16H9F2NS2. The third kappa shape index (κ3) is 2.18. The van der Waals surface area contributed by atoms with Crippen molar-refractivity contribution in [2.24, 2.45) is 0 Å². The number of nitrogens with one attached hydrogen (secondary N) is 1. The molecule has 5 heteroatoms. The van der Waals surface area contributed by atoms with Crippen LogP contribution in [0.3, 0.4) is 0 Å². The van der Waals surface area contributed by atoms with E-state index in [2.05, 4.69) is 5.32 Å². The Labute approximate surface area is 127 Å². The van der Waals surface area contributed by atoms with Gasteiger partial charge in [0, 0.05) is 21.5 Å². The Morgan fingerprint density at radius 2 is 1.19 bits per heavy atom. The minimum atomic E-state index is -0.233. The van der Waals surface area contributed by atoms with E-state index in [4.69, 9.17) is 0 Å². The largest absolute Gasteiger partial charge is 0.338 e. The van der Waals surface area contributed by atoms with Crippen LogP contribution >= 0.6 is 22.7 Å². The third-order valence-corrected chi connectivity index (χ3v) is 5.21. The lowest BCUT2D eigenvalue weighted by atomic mass is 10.2. The van der Waals surface area contributed by atoms with Crippen LogP contribution in [-0.4, -0.2) is 0 Å². The first kappa shape index (κ1) is 12.7. The summed E-state index contributed by atoms with van der Waals surface area (Å²) in [5.74, 6) is -0.465. The topological polar surface area (TPSA) is 12.0 Å². The summed E-state index contributed by atoms with van der Waals surface area (Å²) in [6, 6.07) is 9.53. The van der Waals surface area contributed by atoms with Gasteiger partial charge in [0.05, 0.1) is 0 Å². The fourth-order valence-electron chi connectivity index (χ4n) is 2.34. The van der Waals surface area contributed by atoms with Crippen LogP contribution in [0.1, 0.15) is 0 Å². The van der Waals surface area contributed by atoms with Gasteiger partial charge >= 0.3 is 0 Å². The third-order valence-electron chi connectivity index (χ3n) is 3.35. The van der Waals surface area contributed by atoms with Crippen LogP contribution in [0, 0.1) is 11.6 Å². The highest BCUT2D eigenvalue weighted by Crippen LogP contribution is 2.38. The predicted molar refractivity (Wildman–Crippen MR) is 86.8 cm³/mol. The first-order valence-electron chi connectivity index (χ1n) is 6.31. The summed E-state index contributed by atoms with van der Waals surface area (Å²) in [6.07, 6.45) is 0. The van der Waals surface area contributed by atoms with E-state index in [1.54, 1.807) is 12.1 Å². The van der Waals surface area contributed by atoms with Crippen LogP contribution in [0.25, 0.3) is 21.5 Å². The molecule has 0 saturated carbocycles. The van der Waals surface area contributed by atoms with Crippen molar-refractivity contribution in [3.05, 3.63) is 58.8 Å². The van der Waals surface area contributed by atoms with Gasteiger partial charge in [-0.05, 0) is 47.2 Å². The molecule has 2 aromatic carbocycles. The van der Waals surface area contributed by atoms with Crippen LogP contribution in [0.15, 0.2) is 47.2 Å². The average molecular weight is 317 g/mol. The van der Waals surface area contributed by atoms with E-state index >= 15 is 0 Å². The predicted octanol–water partition coefficient (Wildman–Crippen LogP) is 6.14. The highest BCUT2D eigenvalue weighted by Gasteiger charge is 2.09. The van der Waals surface area contributed by atoms with E-state index in [0.717, 1.165) is 31.5 Å². The number of anilines is 2. The van der Waals surface area contributed by atoms with Crippen LogP contribution in [0.2, 0.25) is 0 Å². The zero-order chi connectivity index (χ0) is 14.4. The van der Waals surface area contributed by atoms with E-state index in [1.807, 2.05) is 10.8 Å². The van der Waals surface area contributed by atoms with E-state index in [-0.39, 0.29) is 11.6 Å². The molecule has 4 rings (SSSR count). The number of fused-ring (bicyclic) bond motifs is 2. The molecule has 0 radical (unpaired) electrons. The summed E-state index contributed by atoms with van der Waals surface area (Å²) in [7, 11) is 0. The maximum absolute atomic E-state index is 13.2. The molecule has 1 nitrogen and oxygen atoms in total. The normalized spacial score (nSPS) is 11.3. The Hall–Kier alpha value is -1.98. The van der Waals surface area contributed by atoms with Crippen molar-refractivity contribution in [1.82, 2.24) is 0 Å². The number of hydrogen-bond acceptors (Lipinski definition) is 3. The Kier molecular flexibility index (Phi) is 2.90. The second kappa shape index (κ2) is 4.79. The van der Waals surface area contributed by atoms with Gasteiger partial charge in [-0.2, -0.15) is 0 Å². The van der Waals surface area contributed by atoms with Gasteiger partial charge in [-0.1, -0.05) is 0 Å². The summed E-state index contributed by atoms with van der Waals surface area (Å²) in [4.78, 5) is 0. The fourth-order valence-corrected chi connectivity index (χ4v) is 4.24. The molecule has 0 aliphatic rings. The molecule has 0 unspecified atom stereocenters. The lowest BCUT2D eigenvalue weighted by Crippen LogP contribution is -1.85. The Bertz CT molecular complexity index is 877. The van der Waals surface area contributed by atoms with E-state index < -0.39 is 0 Å². The van der Waals surface area contributed by atoms with E-state index in [0.29, 0.717) is 0 Å². The van der Waals surface area contributed by atoms with Gasteiger partial charge in [-0.25, -0.2) is 8.78 Å². The second-order valence-corrected chi connectivity index (χ2v) is 6.48. The highest BCUT2D eigenvalue weighted by molar-refractivity contribution is 7.18. The van der Waals surface area contributed by atoms with Gasteiger partial charge in [-0.15, -0.1) is 22.7 Å². The van der Waals surface area contributed by atoms with E-state index in [9.17, 15) is 8.78 Å². The lowest BCUT2D eigenvalue weighted by molar-refractivity contribution is 0.629. The molecule has 1 N–H and O–H groups in total. The number of halogens is 2. The minimum Gasteiger partial charge on any atom is -0.338 e. The Balaban J connectivity index is 1.79. The Morgan fingerprint density at radius 1 is 0.714 bits per heavy atom. The van der Waals surface area contributed by atoms with E-state index in [1.165, 1.54) is 46.9 Å². The molecule has 2 aromatic heterocycles. The van der Waals surface area contributed by atoms with Crippen LogP contribution < -0.4 is 5.32 Å². The molecule has 0 spiro atoms. The molecular weight excluding hydrogens is 308 g/mol. The first-order chi connectivity index (χ1) is 10.2. The molecule has 0 bridgehead atoms. The van der Waals surface area contributed by atoms with Crippen molar-refractivity contribution in [1.29, 1.82) is 0 Å². The average Bonchev–Trinajstić information content (AvgIpc) is 3.03. The second-order valence-electron chi connectivity index (χ2n) is 4.72. The molecule has 0 aliphatic carbocycles. The van der Waals surface area contributed by atoms with Crippen LogP contribution in [0.5, 0.6) is 0 Å². The molecule has 0 aliphatic heterocycles. The maximum Gasteiger partial charge on any atom is 0.123 e. The molecule has 0 amide bonds. The summed E-state index contributed by atoms with van der Waals surface area (Å²) >= 11 is 3.07. The fraction of sp³-hybridized carbons (Fsp3) is 0. The molecule has 0 saturated heterocycles. The van der Waals surface area contributed by atoms with Crippen molar-refractivity contribution < 1.29 is 8.78 Å². The number of rotatable bonds is 2. The van der Waals surface area contributed by atoms with Gasteiger partial charge in [0.15, 0.2) is 0 Å². The summed E-state index contributed by atoms with van der Waals surface area (Å²) < 4.78 is 26.4. The zero-order valence-corrected chi connectivity index (χ0v) is 12.3. The molecule has 4 aromatic rings. The molecule has 104 valence electrons. The molecule has 0 atom stereocenters. The number of benzene rings is 2. The zero-order valence-electron chi connectivity index (χ0n) is 10.7. The summed E-state index contributed by atoms with van der Waals surface area (Å²) in [5.41, 5.74) is 0. The quantitative estimate of drug-likeness (QED) is 0.468. The van der Waals surface area contributed by atoms with Gasteiger partial charge in [0.1, 0.15) is 21.6 Å². The van der Waals surface area contributed by atoms with Crippen molar-refractivity contribution in [2.45, 2.75) is 0 Å². The smallest absolute Gasteiger partial charge is 0.123 e. The standard InChI is InChI=1S/C16H9F2NS2/c17-11-1-3-13-9(5-11)7-20-15(13)19-16-14-4-2-12(18)6-10(14)8-21-16/h1-8,19H. The van der Waals surface area contributed by atoms with Crippen molar-refractivity contribution in [3.8, 4) is 0 Å². The number of hydrogen-bond donors (Lipinski definition) is 1. The lowest BCUT2D eigenvalue weighted by Gasteiger charge is -2.03. The molecule has 0 fully saturated rings. The van der Waals surface area contributed by atoms with Gasteiger partial charge in [0.25, 0.3) is 0 Å². The monoisotopic (exact) mass is 317 g/mol. The maximum atomic E-state index is 13.2. The highest BCUT2D eigenvalue weighted by atomic mass is 32.1. The molecule has 21 heavy (non-hydrogen) atoms. The Morgan fingerprint density at radius 3 is 1.67 bits per heavy atom. The molecule has 2 heterocycles. The van der Waals surface area contributed by atoms with Crippen LogP contribution in [0.4, 0.5) is 18.8 Å². The van der Waals surface area contributed by atoms with Crippen molar-refractivity contribution in [3.63, 3.8) is 0 Å². The van der Waals surface area contributed by atoms with Gasteiger partial charge in [0.2, 0.25) is 0 Å². The SMILES string of the molecule is Fc1ccc2c(Nc3scc4cc(F)ccc34)scc2c1. The first-order valence-corrected chi connectivity index (χ1v) is 8.07. The summed E-state index contributed by atoms with van der Waals surface area (Å²) in [6.45, 7) is 0. The van der Waals surface area contributed by atoms with Crippen molar-refractivity contribution >= 4 is 54.2 Å². The summed E-state index contributed by atoms with van der Waals surface area (Å²) in [5, 5.41) is 12.9. The number of thiophene rings is 2. The van der Waals surface area contributed by atoms with Gasteiger partial charge < -0.3 is 5.32 Å². The van der Waals surface area contributed by atoms with Crippen molar-refractivity contribution in [2.75, 3.05) is 5.32 Å².